The lowest BCUT2D eigenvalue weighted by atomic mass is 10.0. The molecule has 1 aliphatic rings. The second kappa shape index (κ2) is 6.49. The van der Waals surface area contributed by atoms with E-state index in [2.05, 4.69) is 20.8 Å². The molecule has 1 aliphatic heterocycles. The quantitative estimate of drug-likeness (QED) is 0.730. The minimum absolute atomic E-state index is 0.0137. The summed E-state index contributed by atoms with van der Waals surface area (Å²) in [6, 6.07) is 0. The lowest BCUT2D eigenvalue weighted by Gasteiger charge is -2.23. The van der Waals surface area contributed by atoms with E-state index in [-0.39, 0.29) is 23.2 Å². The molecule has 1 aromatic heterocycles. The zero-order valence-corrected chi connectivity index (χ0v) is 14.3. The van der Waals surface area contributed by atoms with E-state index in [4.69, 9.17) is 0 Å². The van der Waals surface area contributed by atoms with Crippen molar-refractivity contribution in [2.45, 2.75) is 30.1 Å². The molecule has 2 rings (SSSR count). The molecule has 10 heteroatoms. The fourth-order valence-electron chi connectivity index (χ4n) is 2.10. The summed E-state index contributed by atoms with van der Waals surface area (Å²) in [5, 5.41) is 14.5. The highest BCUT2D eigenvalue weighted by atomic mass is 32.2. The predicted molar refractivity (Wildman–Crippen MR) is 84.6 cm³/mol. The Hall–Kier alpha value is -0.870. The van der Waals surface area contributed by atoms with Gasteiger partial charge in [-0.3, -0.25) is 4.79 Å². The summed E-state index contributed by atoms with van der Waals surface area (Å²) < 4.78 is 23.7. The summed E-state index contributed by atoms with van der Waals surface area (Å²) in [6.07, 6.45) is 0.467. The van der Waals surface area contributed by atoms with Gasteiger partial charge in [0.2, 0.25) is 11.0 Å². The summed E-state index contributed by atoms with van der Waals surface area (Å²) in [5.74, 6) is 0.176. The van der Waals surface area contributed by atoms with Gasteiger partial charge in [0.15, 0.2) is 14.2 Å². The molecule has 1 aromatic rings. The van der Waals surface area contributed by atoms with Crippen molar-refractivity contribution in [1.29, 1.82) is 0 Å². The second-order valence-electron chi connectivity index (χ2n) is 5.14. The predicted octanol–water partition coefficient (Wildman–Crippen LogP) is 0.755. The maximum absolute atomic E-state index is 11.9. The standard InChI is InChI=1S/C11H18N4O3S3/c1-3-12-9-14-15-10(20-9)19-6-8(16)13-11(2)4-5-21(17,18)7-11/h3-7H2,1-2H3,(H,12,14)(H,13,16)/t11-/m0/s1. The summed E-state index contributed by atoms with van der Waals surface area (Å²) >= 11 is 2.70. The SMILES string of the molecule is CCNc1nnc(SCC(=O)N[C@@]2(C)CCS(=O)(=O)C2)s1. The van der Waals surface area contributed by atoms with E-state index >= 15 is 0 Å². The van der Waals surface area contributed by atoms with Crippen LogP contribution in [0.3, 0.4) is 0 Å². The van der Waals surface area contributed by atoms with Gasteiger partial charge in [0.1, 0.15) is 0 Å². The van der Waals surface area contributed by atoms with Crippen molar-refractivity contribution in [2.24, 2.45) is 0 Å². The minimum atomic E-state index is -3.02. The molecular formula is C11H18N4O3S3. The zero-order chi connectivity index (χ0) is 15.5. The maximum atomic E-state index is 11.9. The van der Waals surface area contributed by atoms with Crippen LogP contribution in [-0.4, -0.2) is 53.9 Å². The Labute approximate surface area is 132 Å². The molecule has 0 aliphatic carbocycles. The van der Waals surface area contributed by atoms with E-state index in [0.29, 0.717) is 10.8 Å². The van der Waals surface area contributed by atoms with E-state index in [1.54, 1.807) is 6.92 Å². The summed E-state index contributed by atoms with van der Waals surface area (Å²) in [4.78, 5) is 11.9. The number of nitrogens with one attached hydrogen (secondary N) is 2. The maximum Gasteiger partial charge on any atom is 0.230 e. The lowest BCUT2D eigenvalue weighted by molar-refractivity contribution is -0.120. The summed E-state index contributed by atoms with van der Waals surface area (Å²) in [6.45, 7) is 4.51. The van der Waals surface area contributed by atoms with Gasteiger partial charge in [0.05, 0.1) is 22.8 Å². The number of nitrogens with zero attached hydrogens (tertiary/aromatic N) is 2. The molecule has 0 saturated carbocycles. The zero-order valence-electron chi connectivity index (χ0n) is 11.9. The number of hydrogen-bond donors (Lipinski definition) is 2. The van der Waals surface area contributed by atoms with Gasteiger partial charge in [-0.1, -0.05) is 23.1 Å². The number of thioether (sulfide) groups is 1. The normalized spacial score (nSPS) is 23.9. The topological polar surface area (TPSA) is 101 Å². The largest absolute Gasteiger partial charge is 0.360 e. The van der Waals surface area contributed by atoms with E-state index in [1.165, 1.54) is 23.1 Å². The summed E-state index contributed by atoms with van der Waals surface area (Å²) in [5.41, 5.74) is -0.646. The van der Waals surface area contributed by atoms with Crippen LogP contribution in [0.1, 0.15) is 20.3 Å². The van der Waals surface area contributed by atoms with Crippen LogP contribution in [-0.2, 0) is 14.6 Å². The molecule has 0 aromatic carbocycles. The molecule has 118 valence electrons. The van der Waals surface area contributed by atoms with Crippen LogP contribution in [0.15, 0.2) is 4.34 Å². The van der Waals surface area contributed by atoms with E-state index in [9.17, 15) is 13.2 Å². The third-order valence-electron chi connectivity index (χ3n) is 3.01. The Morgan fingerprint density at radius 2 is 2.24 bits per heavy atom. The molecule has 2 heterocycles. The van der Waals surface area contributed by atoms with Gasteiger partial charge in [-0.2, -0.15) is 0 Å². The Morgan fingerprint density at radius 1 is 1.48 bits per heavy atom. The van der Waals surface area contributed by atoms with E-state index < -0.39 is 15.4 Å². The van der Waals surface area contributed by atoms with Gasteiger partial charge in [-0.05, 0) is 20.3 Å². The molecule has 1 saturated heterocycles. The number of carbonyl (C=O) groups is 1. The van der Waals surface area contributed by atoms with Gasteiger partial charge in [-0.25, -0.2) is 8.42 Å². The van der Waals surface area contributed by atoms with Gasteiger partial charge in [0, 0.05) is 6.54 Å². The average molecular weight is 350 g/mol. The average Bonchev–Trinajstić information content (AvgIpc) is 2.92. The van der Waals surface area contributed by atoms with E-state index in [0.717, 1.165) is 11.7 Å². The highest BCUT2D eigenvalue weighted by Gasteiger charge is 2.39. The van der Waals surface area contributed by atoms with Crippen LogP contribution < -0.4 is 10.6 Å². The smallest absolute Gasteiger partial charge is 0.230 e. The Bertz CT molecular complexity index is 616. The molecule has 2 N–H and O–H groups in total. The van der Waals surface area contributed by atoms with Crippen molar-refractivity contribution < 1.29 is 13.2 Å². The first-order valence-electron chi connectivity index (χ1n) is 6.53. The van der Waals surface area contributed by atoms with Crippen LogP contribution in [0.2, 0.25) is 0 Å². The van der Waals surface area contributed by atoms with Gasteiger partial charge >= 0.3 is 0 Å². The Morgan fingerprint density at radius 3 is 2.86 bits per heavy atom. The molecule has 0 spiro atoms. The van der Waals surface area contributed by atoms with Crippen LogP contribution in [0, 0.1) is 0 Å². The fraction of sp³-hybridized carbons (Fsp3) is 0.727. The number of carbonyl (C=O) groups excluding carboxylic acids is 1. The number of sulfone groups is 1. The third-order valence-corrected chi connectivity index (χ3v) is 6.92. The number of anilines is 1. The van der Waals surface area contributed by atoms with Crippen molar-refractivity contribution in [2.75, 3.05) is 29.1 Å². The Kier molecular flexibility index (Phi) is 5.10. The molecule has 0 radical (unpaired) electrons. The molecule has 1 atom stereocenters. The minimum Gasteiger partial charge on any atom is -0.360 e. The number of amides is 1. The van der Waals surface area contributed by atoms with Crippen LogP contribution in [0.4, 0.5) is 5.13 Å². The highest BCUT2D eigenvalue weighted by Crippen LogP contribution is 2.26. The van der Waals surface area contributed by atoms with Crippen molar-refractivity contribution in [3.05, 3.63) is 0 Å². The number of aromatic nitrogens is 2. The molecule has 7 nitrogen and oxygen atoms in total. The number of rotatable bonds is 6. The highest BCUT2D eigenvalue weighted by molar-refractivity contribution is 8.01. The van der Waals surface area contributed by atoms with Crippen LogP contribution >= 0.6 is 23.1 Å². The van der Waals surface area contributed by atoms with Crippen molar-refractivity contribution >= 4 is 44.0 Å². The molecule has 0 bridgehead atoms. The van der Waals surface area contributed by atoms with Crippen LogP contribution in [0.5, 0.6) is 0 Å². The monoisotopic (exact) mass is 350 g/mol. The van der Waals surface area contributed by atoms with Gasteiger partial charge in [-0.15, -0.1) is 10.2 Å². The van der Waals surface area contributed by atoms with Crippen molar-refractivity contribution in [3.63, 3.8) is 0 Å². The van der Waals surface area contributed by atoms with Gasteiger partial charge < -0.3 is 10.6 Å². The van der Waals surface area contributed by atoms with Crippen LogP contribution in [0.25, 0.3) is 0 Å². The molecule has 21 heavy (non-hydrogen) atoms. The van der Waals surface area contributed by atoms with Crippen molar-refractivity contribution in [1.82, 2.24) is 15.5 Å². The molecule has 1 amide bonds. The second-order valence-corrected chi connectivity index (χ2v) is 9.53. The fourth-order valence-corrected chi connectivity index (χ4v) is 5.81. The number of hydrogen-bond acceptors (Lipinski definition) is 8. The molecule has 0 unspecified atom stereocenters. The Balaban J connectivity index is 1.82. The first-order valence-corrected chi connectivity index (χ1v) is 10.2. The first-order chi connectivity index (χ1) is 9.82. The molecule has 1 fully saturated rings. The third kappa shape index (κ3) is 4.82. The van der Waals surface area contributed by atoms with Crippen molar-refractivity contribution in [3.8, 4) is 0 Å². The lowest BCUT2D eigenvalue weighted by Crippen LogP contribution is -2.47. The van der Waals surface area contributed by atoms with E-state index in [1.807, 2.05) is 6.92 Å². The van der Waals surface area contributed by atoms with Gasteiger partial charge in [0.25, 0.3) is 0 Å². The summed E-state index contributed by atoms with van der Waals surface area (Å²) in [7, 11) is -3.02. The first kappa shape index (κ1) is 16.5. The molecular weight excluding hydrogens is 332 g/mol.